The van der Waals surface area contributed by atoms with E-state index >= 15 is 0 Å². The van der Waals surface area contributed by atoms with Crippen LogP contribution in [0, 0.1) is 5.92 Å². The normalized spacial score (nSPS) is 15.2. The Morgan fingerprint density at radius 2 is 2.13 bits per heavy atom. The number of allylic oxidation sites excluding steroid dienone is 1. The van der Waals surface area contributed by atoms with Crippen molar-refractivity contribution in [2.45, 2.75) is 25.8 Å². The van der Waals surface area contributed by atoms with Gasteiger partial charge in [-0.1, -0.05) is 18.2 Å². The second-order valence-electron chi connectivity index (χ2n) is 5.42. The van der Waals surface area contributed by atoms with Crippen LogP contribution in [0.2, 0.25) is 0 Å². The van der Waals surface area contributed by atoms with Crippen LogP contribution in [-0.4, -0.2) is 36.7 Å². The molecule has 1 amide bonds. The topological polar surface area (TPSA) is 84.9 Å². The maximum Gasteiger partial charge on any atom is 0.326 e. The van der Waals surface area contributed by atoms with Crippen molar-refractivity contribution in [3.63, 3.8) is 0 Å². The Labute approximate surface area is 135 Å². The Morgan fingerprint density at radius 1 is 1.39 bits per heavy atom. The average Bonchev–Trinajstić information content (AvgIpc) is 3.35. The monoisotopic (exact) mass is 319 g/mol. The smallest absolute Gasteiger partial charge is 0.326 e. The molecule has 1 aromatic rings. The first-order chi connectivity index (χ1) is 11.0. The number of methoxy groups -OCH3 is 1. The van der Waals surface area contributed by atoms with Crippen LogP contribution < -0.4 is 14.8 Å². The number of aliphatic carboxylic acids is 1. The molecule has 124 valence electrons. The lowest BCUT2D eigenvalue weighted by Crippen LogP contribution is -2.44. The van der Waals surface area contributed by atoms with Gasteiger partial charge in [0, 0.05) is 0 Å². The van der Waals surface area contributed by atoms with E-state index in [-0.39, 0.29) is 12.5 Å². The first-order valence-corrected chi connectivity index (χ1v) is 7.51. The number of carbonyl (C=O) groups excluding carboxylic acids is 1. The Bertz CT molecular complexity index is 607. The van der Waals surface area contributed by atoms with Crippen LogP contribution in [0.15, 0.2) is 24.3 Å². The van der Waals surface area contributed by atoms with Gasteiger partial charge in [-0.3, -0.25) is 4.79 Å². The van der Waals surface area contributed by atoms with E-state index in [1.54, 1.807) is 12.1 Å². The molecule has 1 aliphatic rings. The van der Waals surface area contributed by atoms with Crippen LogP contribution >= 0.6 is 0 Å². The molecule has 0 heterocycles. The molecule has 1 atom stereocenters. The zero-order chi connectivity index (χ0) is 16.8. The molecule has 0 aliphatic heterocycles. The summed E-state index contributed by atoms with van der Waals surface area (Å²) < 4.78 is 10.7. The molecule has 23 heavy (non-hydrogen) atoms. The van der Waals surface area contributed by atoms with Gasteiger partial charge in [-0.2, -0.15) is 0 Å². The molecule has 1 aliphatic carbocycles. The van der Waals surface area contributed by atoms with E-state index in [9.17, 15) is 9.59 Å². The number of benzene rings is 1. The van der Waals surface area contributed by atoms with E-state index in [0.29, 0.717) is 11.5 Å². The molecular weight excluding hydrogens is 298 g/mol. The van der Waals surface area contributed by atoms with Gasteiger partial charge in [0.05, 0.1) is 7.11 Å². The fourth-order valence-electron chi connectivity index (χ4n) is 2.27. The molecule has 1 saturated carbocycles. The van der Waals surface area contributed by atoms with Crippen LogP contribution in [0.1, 0.15) is 25.3 Å². The van der Waals surface area contributed by atoms with Gasteiger partial charge in [0.15, 0.2) is 18.1 Å². The molecule has 0 bridgehead atoms. The van der Waals surface area contributed by atoms with E-state index in [1.807, 2.05) is 25.1 Å². The van der Waals surface area contributed by atoms with Crippen LogP contribution in [-0.2, 0) is 9.59 Å². The molecular formula is C17H21NO5. The SMILES string of the molecule is C/C=C/c1ccc(OCC(=O)NC(C(=O)O)C2CC2)c(OC)c1. The third-order valence-electron chi connectivity index (χ3n) is 3.58. The lowest BCUT2D eigenvalue weighted by atomic mass is 10.2. The molecule has 6 nitrogen and oxygen atoms in total. The van der Waals surface area contributed by atoms with Gasteiger partial charge in [0.25, 0.3) is 5.91 Å². The third kappa shape index (κ3) is 4.74. The number of ether oxygens (including phenoxy) is 2. The first kappa shape index (κ1) is 16.9. The molecule has 1 aromatic carbocycles. The summed E-state index contributed by atoms with van der Waals surface area (Å²) >= 11 is 0. The molecule has 6 heteroatoms. The largest absolute Gasteiger partial charge is 0.493 e. The highest BCUT2D eigenvalue weighted by Gasteiger charge is 2.37. The van der Waals surface area contributed by atoms with Crippen molar-refractivity contribution in [2.24, 2.45) is 5.92 Å². The van der Waals surface area contributed by atoms with Gasteiger partial charge in [0.1, 0.15) is 6.04 Å². The lowest BCUT2D eigenvalue weighted by molar-refractivity contribution is -0.142. The zero-order valence-corrected chi connectivity index (χ0v) is 13.2. The summed E-state index contributed by atoms with van der Waals surface area (Å²) in [4.78, 5) is 23.0. The minimum Gasteiger partial charge on any atom is -0.493 e. The Balaban J connectivity index is 1.94. The van der Waals surface area contributed by atoms with Gasteiger partial charge < -0.3 is 19.9 Å². The third-order valence-corrected chi connectivity index (χ3v) is 3.58. The van der Waals surface area contributed by atoms with Crippen molar-refractivity contribution >= 4 is 18.0 Å². The quantitative estimate of drug-likeness (QED) is 0.766. The molecule has 1 fully saturated rings. The molecule has 0 spiro atoms. The minimum atomic E-state index is -1.01. The molecule has 0 radical (unpaired) electrons. The Hall–Kier alpha value is -2.50. The maximum absolute atomic E-state index is 11.9. The van der Waals surface area contributed by atoms with Crippen molar-refractivity contribution in [3.05, 3.63) is 29.8 Å². The molecule has 0 aromatic heterocycles. The van der Waals surface area contributed by atoms with Crippen molar-refractivity contribution < 1.29 is 24.2 Å². The van der Waals surface area contributed by atoms with Crippen LogP contribution in [0.25, 0.3) is 6.08 Å². The second-order valence-corrected chi connectivity index (χ2v) is 5.42. The highest BCUT2D eigenvalue weighted by Crippen LogP contribution is 2.33. The number of hydrogen-bond acceptors (Lipinski definition) is 4. The molecule has 0 saturated heterocycles. The van der Waals surface area contributed by atoms with Crippen molar-refractivity contribution in [2.75, 3.05) is 13.7 Å². The summed E-state index contributed by atoms with van der Waals surface area (Å²) in [5.74, 6) is -0.469. The molecule has 2 N–H and O–H groups in total. The summed E-state index contributed by atoms with van der Waals surface area (Å²) in [5, 5.41) is 11.6. The zero-order valence-electron chi connectivity index (χ0n) is 13.2. The second kappa shape index (κ2) is 7.67. The van der Waals surface area contributed by atoms with Crippen molar-refractivity contribution in [1.82, 2.24) is 5.32 Å². The first-order valence-electron chi connectivity index (χ1n) is 7.51. The number of hydrogen-bond donors (Lipinski definition) is 2. The van der Waals surface area contributed by atoms with Gasteiger partial charge in [-0.25, -0.2) is 4.79 Å². The predicted molar refractivity (Wildman–Crippen MR) is 85.5 cm³/mol. The minimum absolute atomic E-state index is 0.0334. The van der Waals surface area contributed by atoms with Crippen LogP contribution in [0.4, 0.5) is 0 Å². The maximum atomic E-state index is 11.9. The van der Waals surface area contributed by atoms with Gasteiger partial charge in [0.2, 0.25) is 0 Å². The van der Waals surface area contributed by atoms with Gasteiger partial charge >= 0.3 is 5.97 Å². The fraction of sp³-hybridized carbons (Fsp3) is 0.412. The standard InChI is InChI=1S/C17H21NO5/c1-3-4-11-5-8-13(14(9-11)22-2)23-10-15(19)18-16(17(20)21)12-6-7-12/h3-5,8-9,12,16H,6-7,10H2,1-2H3,(H,18,19)(H,20,21)/b4-3+. The highest BCUT2D eigenvalue weighted by molar-refractivity contribution is 5.84. The van der Waals surface area contributed by atoms with Crippen LogP contribution in [0.3, 0.4) is 0 Å². The van der Waals surface area contributed by atoms with Crippen molar-refractivity contribution in [3.8, 4) is 11.5 Å². The highest BCUT2D eigenvalue weighted by atomic mass is 16.5. The Morgan fingerprint density at radius 3 is 2.70 bits per heavy atom. The lowest BCUT2D eigenvalue weighted by Gasteiger charge is -2.15. The number of rotatable bonds is 8. The van der Waals surface area contributed by atoms with Crippen LogP contribution in [0.5, 0.6) is 11.5 Å². The summed E-state index contributed by atoms with van der Waals surface area (Å²) in [7, 11) is 1.52. The van der Waals surface area contributed by atoms with E-state index in [0.717, 1.165) is 18.4 Å². The number of carbonyl (C=O) groups is 2. The van der Waals surface area contributed by atoms with Crippen molar-refractivity contribution in [1.29, 1.82) is 0 Å². The summed E-state index contributed by atoms with van der Waals surface area (Å²) in [6.45, 7) is 1.66. The van der Waals surface area contributed by atoms with E-state index in [2.05, 4.69) is 5.32 Å². The predicted octanol–water partition coefficient (Wildman–Crippen LogP) is 2.09. The van der Waals surface area contributed by atoms with E-state index < -0.39 is 17.9 Å². The number of carboxylic acid groups (broad SMARTS) is 1. The fourth-order valence-corrected chi connectivity index (χ4v) is 2.27. The molecule has 1 unspecified atom stereocenters. The average molecular weight is 319 g/mol. The van der Waals surface area contributed by atoms with E-state index in [4.69, 9.17) is 14.6 Å². The number of carboxylic acids is 1. The van der Waals surface area contributed by atoms with Gasteiger partial charge in [-0.15, -0.1) is 0 Å². The Kier molecular flexibility index (Phi) is 5.62. The summed E-state index contributed by atoms with van der Waals surface area (Å²) in [5.41, 5.74) is 0.959. The molecule has 2 rings (SSSR count). The van der Waals surface area contributed by atoms with Gasteiger partial charge in [-0.05, 0) is 43.4 Å². The van der Waals surface area contributed by atoms with E-state index in [1.165, 1.54) is 7.11 Å². The number of nitrogens with one attached hydrogen (secondary N) is 1. The summed E-state index contributed by atoms with van der Waals surface area (Å²) in [6, 6.07) is 4.54. The number of amides is 1. The summed E-state index contributed by atoms with van der Waals surface area (Å²) in [6.07, 6.45) is 5.50.